The van der Waals surface area contributed by atoms with Crippen LogP contribution in [-0.2, 0) is 6.54 Å². The predicted molar refractivity (Wildman–Crippen MR) is 75.6 cm³/mol. The fourth-order valence-electron chi connectivity index (χ4n) is 1.91. The van der Waals surface area contributed by atoms with Gasteiger partial charge in [0.1, 0.15) is 0 Å². The molecule has 0 fully saturated rings. The van der Waals surface area contributed by atoms with Crippen LogP contribution in [0.25, 0.3) is 0 Å². The van der Waals surface area contributed by atoms with Crippen LogP contribution in [-0.4, -0.2) is 16.8 Å². The molecule has 0 atom stereocenters. The van der Waals surface area contributed by atoms with E-state index in [-0.39, 0.29) is 0 Å². The van der Waals surface area contributed by atoms with Crippen LogP contribution in [0.3, 0.4) is 0 Å². The van der Waals surface area contributed by atoms with Gasteiger partial charge in [-0.15, -0.1) is 0 Å². The lowest BCUT2D eigenvalue weighted by molar-refractivity contribution is 0.526. The predicted octanol–water partition coefficient (Wildman–Crippen LogP) is 2.68. The van der Waals surface area contributed by atoms with Crippen molar-refractivity contribution in [2.24, 2.45) is 0 Å². The maximum Gasteiger partial charge on any atom is 0.0817 e. The van der Waals surface area contributed by atoms with Gasteiger partial charge in [-0.3, -0.25) is 4.68 Å². The number of aromatic nitrogens is 2. The minimum atomic E-state index is 0.394. The SMILES string of the molecule is CC(C)n1ccc(CN(C)c2ccccc2N)n1. The van der Waals surface area contributed by atoms with Gasteiger partial charge in [-0.25, -0.2) is 0 Å². The van der Waals surface area contributed by atoms with Crippen molar-refractivity contribution >= 4 is 11.4 Å². The standard InChI is InChI=1S/C14H20N4/c1-11(2)18-9-8-12(16-18)10-17(3)14-7-5-4-6-13(14)15/h4-9,11H,10,15H2,1-3H3. The molecule has 2 aromatic rings. The Bertz CT molecular complexity index is 516. The van der Waals surface area contributed by atoms with Gasteiger partial charge in [0.2, 0.25) is 0 Å². The summed E-state index contributed by atoms with van der Waals surface area (Å²) in [6, 6.07) is 10.3. The summed E-state index contributed by atoms with van der Waals surface area (Å²) in [6.45, 7) is 5.00. The number of nitrogens with two attached hydrogens (primary N) is 1. The van der Waals surface area contributed by atoms with Crippen molar-refractivity contribution in [1.82, 2.24) is 9.78 Å². The number of benzene rings is 1. The zero-order chi connectivity index (χ0) is 13.1. The van der Waals surface area contributed by atoms with Gasteiger partial charge in [0.15, 0.2) is 0 Å². The van der Waals surface area contributed by atoms with E-state index in [2.05, 4.69) is 29.9 Å². The zero-order valence-electron chi connectivity index (χ0n) is 11.2. The Morgan fingerprint density at radius 1 is 1.28 bits per heavy atom. The molecule has 2 rings (SSSR count). The first-order valence-electron chi connectivity index (χ1n) is 6.17. The summed E-state index contributed by atoms with van der Waals surface area (Å²) in [5.74, 6) is 0. The third kappa shape index (κ3) is 2.64. The van der Waals surface area contributed by atoms with Crippen molar-refractivity contribution in [1.29, 1.82) is 0 Å². The molecule has 0 unspecified atom stereocenters. The second-order valence-electron chi connectivity index (χ2n) is 4.80. The maximum absolute atomic E-state index is 5.96. The van der Waals surface area contributed by atoms with Crippen LogP contribution in [0, 0.1) is 0 Å². The molecule has 1 aromatic heterocycles. The Labute approximate surface area is 108 Å². The van der Waals surface area contributed by atoms with Crippen molar-refractivity contribution in [3.05, 3.63) is 42.2 Å². The molecule has 1 aromatic carbocycles. The molecule has 0 aliphatic rings. The normalized spacial score (nSPS) is 10.9. The Hall–Kier alpha value is -1.97. The molecule has 2 N–H and O–H groups in total. The lowest BCUT2D eigenvalue weighted by atomic mass is 10.2. The highest BCUT2D eigenvalue weighted by molar-refractivity contribution is 5.66. The van der Waals surface area contributed by atoms with E-state index in [4.69, 9.17) is 5.73 Å². The molecule has 0 bridgehead atoms. The highest BCUT2D eigenvalue weighted by atomic mass is 15.3. The Morgan fingerprint density at radius 2 is 2.00 bits per heavy atom. The molecule has 4 nitrogen and oxygen atoms in total. The van der Waals surface area contributed by atoms with E-state index in [1.54, 1.807) is 0 Å². The molecule has 0 spiro atoms. The third-order valence-electron chi connectivity index (χ3n) is 2.94. The van der Waals surface area contributed by atoms with Crippen LogP contribution in [0.15, 0.2) is 36.5 Å². The van der Waals surface area contributed by atoms with Crippen molar-refractivity contribution in [3.63, 3.8) is 0 Å². The van der Waals surface area contributed by atoms with Crippen molar-refractivity contribution in [2.75, 3.05) is 17.7 Å². The van der Waals surface area contributed by atoms with Gasteiger partial charge in [-0.1, -0.05) is 12.1 Å². The molecule has 0 radical (unpaired) electrons. The van der Waals surface area contributed by atoms with Crippen LogP contribution in [0.1, 0.15) is 25.6 Å². The first kappa shape index (κ1) is 12.5. The molecular formula is C14H20N4. The van der Waals surface area contributed by atoms with Crippen LogP contribution in [0.2, 0.25) is 0 Å². The minimum Gasteiger partial charge on any atom is -0.397 e. The van der Waals surface area contributed by atoms with Gasteiger partial charge < -0.3 is 10.6 Å². The van der Waals surface area contributed by atoms with Crippen LogP contribution >= 0.6 is 0 Å². The number of hydrogen-bond acceptors (Lipinski definition) is 3. The largest absolute Gasteiger partial charge is 0.397 e. The number of nitrogen functional groups attached to an aromatic ring is 1. The Kier molecular flexibility index (Phi) is 3.55. The monoisotopic (exact) mass is 244 g/mol. The molecule has 1 heterocycles. The third-order valence-corrected chi connectivity index (χ3v) is 2.94. The summed E-state index contributed by atoms with van der Waals surface area (Å²) in [5, 5.41) is 4.54. The van der Waals surface area contributed by atoms with Gasteiger partial charge in [-0.05, 0) is 32.0 Å². The molecule has 0 saturated heterocycles. The lowest BCUT2D eigenvalue weighted by Gasteiger charge is -2.19. The lowest BCUT2D eigenvalue weighted by Crippen LogP contribution is -2.18. The first-order valence-corrected chi connectivity index (χ1v) is 6.17. The Balaban J connectivity index is 2.11. The van der Waals surface area contributed by atoms with Gasteiger partial charge in [0.25, 0.3) is 0 Å². The quantitative estimate of drug-likeness (QED) is 0.841. The van der Waals surface area contributed by atoms with Gasteiger partial charge in [0.05, 0.1) is 23.6 Å². The molecule has 0 aliphatic heterocycles. The second kappa shape index (κ2) is 5.12. The summed E-state index contributed by atoms with van der Waals surface area (Å²) in [7, 11) is 2.03. The average Bonchev–Trinajstić information content (AvgIpc) is 2.78. The van der Waals surface area contributed by atoms with E-state index in [9.17, 15) is 0 Å². The van der Waals surface area contributed by atoms with E-state index < -0.39 is 0 Å². The minimum absolute atomic E-state index is 0.394. The van der Waals surface area contributed by atoms with E-state index in [0.29, 0.717) is 6.04 Å². The fourth-order valence-corrected chi connectivity index (χ4v) is 1.91. The number of rotatable bonds is 4. The van der Waals surface area contributed by atoms with E-state index >= 15 is 0 Å². The summed E-state index contributed by atoms with van der Waals surface area (Å²) in [5.41, 5.74) is 8.84. The summed E-state index contributed by atoms with van der Waals surface area (Å²) in [6.07, 6.45) is 2.02. The molecule has 96 valence electrons. The highest BCUT2D eigenvalue weighted by Gasteiger charge is 2.08. The molecule has 0 aliphatic carbocycles. The van der Waals surface area contributed by atoms with Gasteiger partial charge in [-0.2, -0.15) is 5.10 Å². The van der Waals surface area contributed by atoms with Crippen LogP contribution in [0.5, 0.6) is 0 Å². The average molecular weight is 244 g/mol. The van der Waals surface area contributed by atoms with Crippen molar-refractivity contribution in [2.45, 2.75) is 26.4 Å². The van der Waals surface area contributed by atoms with Crippen LogP contribution in [0.4, 0.5) is 11.4 Å². The second-order valence-corrected chi connectivity index (χ2v) is 4.80. The van der Waals surface area contributed by atoms with E-state index in [1.165, 1.54) is 0 Å². The number of para-hydroxylation sites is 2. The smallest absolute Gasteiger partial charge is 0.0817 e. The first-order chi connectivity index (χ1) is 8.58. The zero-order valence-corrected chi connectivity index (χ0v) is 11.2. The number of anilines is 2. The van der Waals surface area contributed by atoms with E-state index in [1.807, 2.05) is 42.2 Å². The molecule has 0 amide bonds. The van der Waals surface area contributed by atoms with Crippen LogP contribution < -0.4 is 10.6 Å². The van der Waals surface area contributed by atoms with Crippen molar-refractivity contribution < 1.29 is 0 Å². The molecular weight excluding hydrogens is 224 g/mol. The number of hydrogen-bond donors (Lipinski definition) is 1. The van der Waals surface area contributed by atoms with E-state index in [0.717, 1.165) is 23.6 Å². The fraction of sp³-hybridized carbons (Fsp3) is 0.357. The topological polar surface area (TPSA) is 47.1 Å². The summed E-state index contributed by atoms with van der Waals surface area (Å²) in [4.78, 5) is 2.11. The summed E-state index contributed by atoms with van der Waals surface area (Å²) < 4.78 is 1.97. The highest BCUT2D eigenvalue weighted by Crippen LogP contribution is 2.22. The summed E-state index contributed by atoms with van der Waals surface area (Å²) >= 11 is 0. The van der Waals surface area contributed by atoms with Crippen molar-refractivity contribution in [3.8, 4) is 0 Å². The number of nitrogens with zero attached hydrogens (tertiary/aromatic N) is 3. The van der Waals surface area contributed by atoms with Gasteiger partial charge in [0, 0.05) is 19.3 Å². The van der Waals surface area contributed by atoms with Gasteiger partial charge >= 0.3 is 0 Å². The molecule has 4 heteroatoms. The molecule has 18 heavy (non-hydrogen) atoms. The Morgan fingerprint density at radius 3 is 2.61 bits per heavy atom. The maximum atomic E-state index is 5.96. The molecule has 0 saturated carbocycles.